The van der Waals surface area contributed by atoms with E-state index in [1.54, 1.807) is 6.07 Å². The van der Waals surface area contributed by atoms with E-state index in [1.807, 2.05) is 0 Å². The molecule has 0 aliphatic heterocycles. The first-order chi connectivity index (χ1) is 9.51. The van der Waals surface area contributed by atoms with Crippen LogP contribution in [0, 0.1) is 27.3 Å². The summed E-state index contributed by atoms with van der Waals surface area (Å²) in [5.74, 6) is -0.129. The van der Waals surface area contributed by atoms with Gasteiger partial charge in [-0.1, -0.05) is 11.6 Å². The van der Waals surface area contributed by atoms with Crippen LogP contribution in [0.1, 0.15) is 5.56 Å². The van der Waals surface area contributed by atoms with E-state index in [0.29, 0.717) is 0 Å². The van der Waals surface area contributed by atoms with Crippen molar-refractivity contribution in [2.45, 2.75) is 0 Å². The van der Waals surface area contributed by atoms with Crippen LogP contribution < -0.4 is 4.74 Å². The molecule has 0 bridgehead atoms. The van der Waals surface area contributed by atoms with E-state index in [2.05, 4.69) is 0 Å². The van der Waals surface area contributed by atoms with Gasteiger partial charge in [-0.05, 0) is 24.3 Å². The van der Waals surface area contributed by atoms with Gasteiger partial charge in [0.25, 0.3) is 5.69 Å². The summed E-state index contributed by atoms with van der Waals surface area (Å²) in [6, 6.07) is 8.99. The highest BCUT2D eigenvalue weighted by molar-refractivity contribution is 6.32. The summed E-state index contributed by atoms with van der Waals surface area (Å²) in [6.45, 7) is 0. The minimum absolute atomic E-state index is 0.0573. The van der Waals surface area contributed by atoms with Gasteiger partial charge >= 0.3 is 0 Å². The molecule has 0 amide bonds. The van der Waals surface area contributed by atoms with Crippen molar-refractivity contribution in [1.82, 2.24) is 0 Å². The van der Waals surface area contributed by atoms with Gasteiger partial charge in [0.15, 0.2) is 0 Å². The molecular weight excluding hydrogens is 287 g/mol. The van der Waals surface area contributed by atoms with Gasteiger partial charge in [0.2, 0.25) is 0 Å². The van der Waals surface area contributed by atoms with Gasteiger partial charge in [0.1, 0.15) is 28.9 Å². The molecule has 5 nitrogen and oxygen atoms in total. The smallest absolute Gasteiger partial charge is 0.287 e. The summed E-state index contributed by atoms with van der Waals surface area (Å²) in [4.78, 5) is 10.0. The quantitative estimate of drug-likeness (QED) is 0.631. The minimum atomic E-state index is -0.660. The molecule has 0 saturated heterocycles. The van der Waals surface area contributed by atoms with Crippen molar-refractivity contribution >= 4 is 17.3 Å². The molecule has 0 atom stereocenters. The van der Waals surface area contributed by atoms with Crippen molar-refractivity contribution in [3.05, 3.63) is 62.9 Å². The highest BCUT2D eigenvalue weighted by atomic mass is 35.5. The van der Waals surface area contributed by atoms with E-state index >= 15 is 0 Å². The predicted octanol–water partition coefficient (Wildman–Crippen LogP) is 4.05. The maximum atomic E-state index is 12.9. The predicted molar refractivity (Wildman–Crippen MR) is 69.3 cm³/mol. The van der Waals surface area contributed by atoms with Crippen LogP contribution in [0.4, 0.5) is 10.1 Å². The van der Waals surface area contributed by atoms with Gasteiger partial charge in [-0.15, -0.1) is 0 Å². The lowest BCUT2D eigenvalue weighted by Gasteiger charge is -2.07. The van der Waals surface area contributed by atoms with Crippen molar-refractivity contribution < 1.29 is 14.1 Å². The molecule has 0 aliphatic carbocycles. The first kappa shape index (κ1) is 13.8. The number of nitrogens with zero attached hydrogens (tertiary/aromatic N) is 2. The number of benzene rings is 2. The van der Waals surface area contributed by atoms with Crippen molar-refractivity contribution in [3.8, 4) is 17.6 Å². The Morgan fingerprint density at radius 3 is 2.65 bits per heavy atom. The van der Waals surface area contributed by atoms with Crippen molar-refractivity contribution in [1.29, 1.82) is 5.26 Å². The van der Waals surface area contributed by atoms with Gasteiger partial charge in [-0.3, -0.25) is 10.1 Å². The highest BCUT2D eigenvalue weighted by Crippen LogP contribution is 2.31. The van der Waals surface area contributed by atoms with Crippen LogP contribution >= 0.6 is 11.6 Å². The van der Waals surface area contributed by atoms with E-state index in [4.69, 9.17) is 21.6 Å². The molecule has 0 fully saturated rings. The van der Waals surface area contributed by atoms with Gasteiger partial charge in [-0.25, -0.2) is 4.39 Å². The second-order valence-electron chi connectivity index (χ2n) is 3.72. The van der Waals surface area contributed by atoms with Gasteiger partial charge in [-0.2, -0.15) is 5.26 Å². The third kappa shape index (κ3) is 2.84. The molecular formula is C13H6ClFN2O3. The number of hydrogen-bond acceptors (Lipinski definition) is 4. The summed E-state index contributed by atoms with van der Waals surface area (Å²) in [5, 5.41) is 19.6. The molecule has 0 heterocycles. The summed E-state index contributed by atoms with van der Waals surface area (Å²) in [6.07, 6.45) is 0. The Morgan fingerprint density at radius 1 is 1.30 bits per heavy atom. The molecule has 0 N–H and O–H groups in total. The number of hydrogen-bond donors (Lipinski definition) is 0. The van der Waals surface area contributed by atoms with Gasteiger partial charge in [0.05, 0.1) is 9.95 Å². The average Bonchev–Trinajstić information content (AvgIpc) is 2.41. The first-order valence-corrected chi connectivity index (χ1v) is 5.70. The molecule has 0 aromatic heterocycles. The lowest BCUT2D eigenvalue weighted by atomic mass is 10.2. The molecule has 20 heavy (non-hydrogen) atoms. The Labute approximate surface area is 117 Å². The third-order valence-electron chi connectivity index (χ3n) is 2.41. The molecule has 2 aromatic rings. The summed E-state index contributed by atoms with van der Waals surface area (Å²) in [5.41, 5.74) is -0.448. The molecule has 2 aromatic carbocycles. The molecule has 0 unspecified atom stereocenters. The van der Waals surface area contributed by atoms with Crippen molar-refractivity contribution in [2.24, 2.45) is 0 Å². The molecule has 7 heteroatoms. The average molecular weight is 293 g/mol. The van der Waals surface area contributed by atoms with E-state index in [1.165, 1.54) is 18.2 Å². The minimum Gasteiger partial charge on any atom is -0.456 e. The molecule has 0 aliphatic rings. The molecule has 2 rings (SSSR count). The van der Waals surface area contributed by atoms with E-state index < -0.39 is 10.7 Å². The SMILES string of the molecule is N#Cc1cc(Oc2ccc(F)cc2Cl)ccc1[N+](=O)[O-]. The number of nitro benzene ring substituents is 1. The van der Waals surface area contributed by atoms with Crippen LogP contribution in [0.15, 0.2) is 36.4 Å². The number of halogens is 2. The van der Waals surface area contributed by atoms with E-state index in [0.717, 1.165) is 18.2 Å². The molecule has 0 radical (unpaired) electrons. The molecule has 0 spiro atoms. The fraction of sp³-hybridized carbons (Fsp3) is 0. The number of rotatable bonds is 3. The number of nitriles is 1. The number of nitro groups is 1. The maximum Gasteiger partial charge on any atom is 0.287 e. The van der Waals surface area contributed by atoms with Crippen molar-refractivity contribution in [3.63, 3.8) is 0 Å². The molecule has 100 valence electrons. The van der Waals surface area contributed by atoms with Crippen LogP contribution in [0.25, 0.3) is 0 Å². The third-order valence-corrected chi connectivity index (χ3v) is 2.70. The normalized spacial score (nSPS) is 9.85. The van der Waals surface area contributed by atoms with E-state index in [-0.39, 0.29) is 27.8 Å². The van der Waals surface area contributed by atoms with Crippen LogP contribution in [0.5, 0.6) is 11.5 Å². The summed E-state index contributed by atoms with van der Waals surface area (Å²) >= 11 is 5.80. The standard InChI is InChI=1S/C13H6ClFN2O3/c14-11-6-9(15)1-4-13(11)20-10-2-3-12(17(18)19)8(5-10)7-16/h1-6H. The fourth-order valence-corrected chi connectivity index (χ4v) is 1.72. The van der Waals surface area contributed by atoms with Crippen LogP contribution in [0.3, 0.4) is 0 Å². The summed E-state index contributed by atoms with van der Waals surface area (Å²) in [7, 11) is 0. The Hall–Kier alpha value is -2.65. The van der Waals surface area contributed by atoms with Crippen LogP contribution in [-0.4, -0.2) is 4.92 Å². The largest absolute Gasteiger partial charge is 0.456 e. The number of ether oxygens (including phenoxy) is 1. The zero-order valence-electron chi connectivity index (χ0n) is 9.84. The Kier molecular flexibility index (Phi) is 3.82. The first-order valence-electron chi connectivity index (χ1n) is 5.32. The maximum absolute atomic E-state index is 12.9. The monoisotopic (exact) mass is 292 g/mol. The Bertz CT molecular complexity index is 728. The highest BCUT2D eigenvalue weighted by Gasteiger charge is 2.15. The Morgan fingerprint density at radius 2 is 2.05 bits per heavy atom. The van der Waals surface area contributed by atoms with Crippen molar-refractivity contribution in [2.75, 3.05) is 0 Å². The fourth-order valence-electron chi connectivity index (χ4n) is 1.51. The van der Waals surface area contributed by atoms with E-state index in [9.17, 15) is 14.5 Å². The zero-order valence-corrected chi connectivity index (χ0v) is 10.6. The lowest BCUT2D eigenvalue weighted by molar-refractivity contribution is -0.385. The van der Waals surface area contributed by atoms with Crippen LogP contribution in [-0.2, 0) is 0 Å². The van der Waals surface area contributed by atoms with Crippen LogP contribution in [0.2, 0.25) is 5.02 Å². The molecule has 0 saturated carbocycles. The zero-order chi connectivity index (χ0) is 14.7. The second kappa shape index (κ2) is 5.55. The lowest BCUT2D eigenvalue weighted by Crippen LogP contribution is -1.93. The second-order valence-corrected chi connectivity index (χ2v) is 4.13. The van der Waals surface area contributed by atoms with Gasteiger partial charge in [0, 0.05) is 12.1 Å². The Balaban J connectivity index is 2.35. The topological polar surface area (TPSA) is 76.2 Å². The summed E-state index contributed by atoms with van der Waals surface area (Å²) < 4.78 is 18.3. The van der Waals surface area contributed by atoms with Gasteiger partial charge < -0.3 is 4.74 Å².